The second-order valence-electron chi connectivity index (χ2n) is 8.26. The van der Waals surface area contributed by atoms with Gasteiger partial charge in [0.15, 0.2) is 6.17 Å². The number of dihydropyridines is 1. The number of anilines is 2. The summed E-state index contributed by atoms with van der Waals surface area (Å²) < 4.78 is 0. The molecule has 0 spiro atoms. The van der Waals surface area contributed by atoms with Crippen molar-refractivity contribution in [3.63, 3.8) is 0 Å². The van der Waals surface area contributed by atoms with Crippen molar-refractivity contribution in [1.82, 2.24) is 10.2 Å². The summed E-state index contributed by atoms with van der Waals surface area (Å²) in [6, 6.07) is 3.54. The Morgan fingerprint density at radius 3 is 2.52 bits per heavy atom. The first-order valence-corrected chi connectivity index (χ1v) is 11.0. The molecule has 1 N–H and O–H groups in total. The van der Waals surface area contributed by atoms with E-state index in [4.69, 9.17) is 0 Å². The SMILES string of the molecule is CCCN(CCC)CC(=O)N1C2=C(C=CCN2)C2N=NC(=O)N2c2cc(C)c(C)cc21. The summed E-state index contributed by atoms with van der Waals surface area (Å²) >= 11 is 0. The van der Waals surface area contributed by atoms with Crippen LogP contribution in [0.15, 0.2) is 45.9 Å². The van der Waals surface area contributed by atoms with Crippen molar-refractivity contribution in [2.75, 3.05) is 36.0 Å². The van der Waals surface area contributed by atoms with Gasteiger partial charge in [0.05, 0.1) is 17.9 Å². The molecule has 1 unspecified atom stereocenters. The lowest BCUT2D eigenvalue weighted by Crippen LogP contribution is -2.45. The molecule has 1 aromatic rings. The van der Waals surface area contributed by atoms with Crippen molar-refractivity contribution in [2.45, 2.75) is 46.7 Å². The molecule has 0 saturated heterocycles. The average molecular weight is 423 g/mol. The molecule has 3 heterocycles. The van der Waals surface area contributed by atoms with Crippen LogP contribution in [-0.4, -0.2) is 49.2 Å². The van der Waals surface area contributed by atoms with Crippen LogP contribution in [0.5, 0.6) is 0 Å². The molecule has 3 aliphatic rings. The fourth-order valence-electron chi connectivity index (χ4n) is 4.39. The number of carbonyl (C=O) groups excluding carboxylic acids is 2. The van der Waals surface area contributed by atoms with Crippen molar-refractivity contribution in [2.24, 2.45) is 10.2 Å². The number of rotatable bonds is 6. The van der Waals surface area contributed by atoms with Crippen molar-refractivity contribution in [1.29, 1.82) is 0 Å². The molecule has 164 valence electrons. The minimum absolute atomic E-state index is 0.0211. The zero-order valence-electron chi connectivity index (χ0n) is 18.7. The lowest BCUT2D eigenvalue weighted by atomic mass is 10.1. The molecule has 8 heteroatoms. The normalized spacial score (nSPS) is 19.4. The Kier molecular flexibility index (Phi) is 5.91. The molecule has 0 fully saturated rings. The molecular formula is C23H30N6O2. The zero-order valence-corrected chi connectivity index (χ0v) is 18.7. The molecule has 0 saturated carbocycles. The fraction of sp³-hybridized carbons (Fsp3) is 0.478. The fourth-order valence-corrected chi connectivity index (χ4v) is 4.39. The molecule has 0 radical (unpaired) electrons. The molecule has 0 aliphatic carbocycles. The summed E-state index contributed by atoms with van der Waals surface area (Å²) in [6.45, 7) is 10.9. The van der Waals surface area contributed by atoms with Gasteiger partial charge in [0.2, 0.25) is 5.91 Å². The predicted octanol–water partition coefficient (Wildman–Crippen LogP) is 3.86. The summed E-state index contributed by atoms with van der Waals surface area (Å²) in [5.74, 6) is 0.665. The summed E-state index contributed by atoms with van der Waals surface area (Å²) in [5, 5.41) is 11.5. The Hall–Kier alpha value is -3.00. The maximum absolute atomic E-state index is 13.8. The highest BCUT2D eigenvalue weighted by molar-refractivity contribution is 6.07. The van der Waals surface area contributed by atoms with E-state index >= 15 is 0 Å². The quantitative estimate of drug-likeness (QED) is 0.755. The molecular weight excluding hydrogens is 392 g/mol. The van der Waals surface area contributed by atoms with E-state index in [2.05, 4.69) is 34.3 Å². The minimum Gasteiger partial charge on any atom is -0.367 e. The number of hydrogen-bond acceptors (Lipinski definition) is 5. The largest absolute Gasteiger partial charge is 0.368 e. The van der Waals surface area contributed by atoms with Gasteiger partial charge in [-0.2, -0.15) is 5.11 Å². The first-order valence-electron chi connectivity index (χ1n) is 11.0. The molecule has 4 rings (SSSR count). The van der Waals surface area contributed by atoms with Crippen LogP contribution in [0.25, 0.3) is 0 Å². The molecule has 31 heavy (non-hydrogen) atoms. The number of carbonyl (C=O) groups is 2. The van der Waals surface area contributed by atoms with Crippen LogP contribution in [0.1, 0.15) is 37.8 Å². The molecule has 0 aromatic heterocycles. The van der Waals surface area contributed by atoms with Crippen molar-refractivity contribution in [3.05, 3.63) is 46.8 Å². The second-order valence-corrected chi connectivity index (χ2v) is 8.26. The Morgan fingerprint density at radius 2 is 1.84 bits per heavy atom. The van der Waals surface area contributed by atoms with Gasteiger partial charge in [-0.3, -0.25) is 19.5 Å². The summed E-state index contributed by atoms with van der Waals surface area (Å²) in [5.41, 5.74) is 4.24. The molecule has 3 amide bonds. The smallest absolute Gasteiger partial charge is 0.367 e. The predicted molar refractivity (Wildman–Crippen MR) is 121 cm³/mol. The standard InChI is InChI=1S/C23H30N6O2/c1-5-10-27(11-6-2)14-20(30)28-18-12-15(3)16(4)13-19(18)29-22(25-26-23(29)31)17-8-7-9-24-21(17)28/h7-8,12-13,22,24H,5-6,9-11,14H2,1-4H3. The van der Waals surface area contributed by atoms with Gasteiger partial charge in [-0.1, -0.05) is 31.1 Å². The average Bonchev–Trinajstić information content (AvgIpc) is 3.07. The third-order valence-corrected chi connectivity index (χ3v) is 5.94. The zero-order chi connectivity index (χ0) is 22.1. The van der Waals surface area contributed by atoms with Crippen LogP contribution < -0.4 is 15.1 Å². The van der Waals surface area contributed by atoms with Crippen LogP contribution in [-0.2, 0) is 4.79 Å². The Morgan fingerprint density at radius 1 is 1.16 bits per heavy atom. The summed E-state index contributed by atoms with van der Waals surface area (Å²) in [4.78, 5) is 32.0. The Labute approximate surface area is 183 Å². The van der Waals surface area contributed by atoms with Crippen molar-refractivity contribution < 1.29 is 9.59 Å². The van der Waals surface area contributed by atoms with Crippen molar-refractivity contribution >= 4 is 23.3 Å². The van der Waals surface area contributed by atoms with Crippen LogP contribution in [0.3, 0.4) is 0 Å². The highest BCUT2D eigenvalue weighted by Crippen LogP contribution is 2.43. The number of azo groups is 1. The van der Waals surface area contributed by atoms with E-state index in [-0.39, 0.29) is 5.91 Å². The van der Waals surface area contributed by atoms with Gasteiger partial charge in [-0.25, -0.2) is 4.79 Å². The lowest BCUT2D eigenvalue weighted by molar-refractivity contribution is -0.119. The third kappa shape index (κ3) is 3.76. The topological polar surface area (TPSA) is 80.6 Å². The van der Waals surface area contributed by atoms with E-state index in [1.54, 1.807) is 9.80 Å². The van der Waals surface area contributed by atoms with E-state index in [1.807, 2.05) is 38.1 Å². The maximum atomic E-state index is 13.8. The number of hydrogen-bond donors (Lipinski definition) is 1. The third-order valence-electron chi connectivity index (χ3n) is 5.94. The van der Waals surface area contributed by atoms with E-state index in [1.165, 1.54) is 0 Å². The maximum Gasteiger partial charge on any atom is 0.368 e. The van der Waals surface area contributed by atoms with Gasteiger partial charge in [-0.05, 0) is 63.0 Å². The Bertz CT molecular complexity index is 990. The first kappa shape index (κ1) is 21.2. The van der Waals surface area contributed by atoms with Crippen LogP contribution in [0.4, 0.5) is 16.2 Å². The second kappa shape index (κ2) is 8.63. The van der Waals surface area contributed by atoms with Gasteiger partial charge < -0.3 is 5.32 Å². The lowest BCUT2D eigenvalue weighted by Gasteiger charge is -2.31. The summed E-state index contributed by atoms with van der Waals surface area (Å²) in [7, 11) is 0. The van der Waals surface area contributed by atoms with Crippen LogP contribution in [0, 0.1) is 13.8 Å². The molecule has 1 atom stereocenters. The molecule has 3 aliphatic heterocycles. The van der Waals surface area contributed by atoms with Crippen molar-refractivity contribution in [3.8, 4) is 0 Å². The van der Waals surface area contributed by atoms with Gasteiger partial charge >= 0.3 is 6.03 Å². The minimum atomic E-state index is -0.576. The van der Waals surface area contributed by atoms with Crippen LogP contribution >= 0.6 is 0 Å². The first-order chi connectivity index (χ1) is 15.0. The van der Waals surface area contributed by atoms with E-state index in [0.29, 0.717) is 30.3 Å². The molecule has 0 bridgehead atoms. The van der Waals surface area contributed by atoms with Gasteiger partial charge in [0, 0.05) is 12.1 Å². The number of nitrogens with one attached hydrogen (secondary N) is 1. The summed E-state index contributed by atoms with van der Waals surface area (Å²) in [6.07, 6.45) is 5.32. The highest BCUT2D eigenvalue weighted by Gasteiger charge is 2.42. The Balaban J connectivity index is 1.86. The number of fused-ring (bicyclic) bond motifs is 4. The van der Waals surface area contributed by atoms with E-state index < -0.39 is 12.2 Å². The molecule has 8 nitrogen and oxygen atoms in total. The highest BCUT2D eigenvalue weighted by atomic mass is 16.2. The van der Waals surface area contributed by atoms with Gasteiger partial charge in [-0.15, -0.1) is 0 Å². The number of amides is 3. The van der Waals surface area contributed by atoms with Gasteiger partial charge in [0.1, 0.15) is 5.82 Å². The molecule has 1 aromatic carbocycles. The van der Waals surface area contributed by atoms with E-state index in [9.17, 15) is 9.59 Å². The number of urea groups is 1. The van der Waals surface area contributed by atoms with Gasteiger partial charge in [0.25, 0.3) is 0 Å². The number of aryl methyl sites for hydroxylation is 2. The van der Waals surface area contributed by atoms with E-state index in [0.717, 1.165) is 42.6 Å². The number of nitrogens with zero attached hydrogens (tertiary/aromatic N) is 5. The monoisotopic (exact) mass is 422 g/mol. The van der Waals surface area contributed by atoms with Crippen LogP contribution in [0.2, 0.25) is 0 Å². The number of benzene rings is 1.